The number of rotatable bonds is 8. The van der Waals surface area contributed by atoms with E-state index in [2.05, 4.69) is 5.32 Å². The van der Waals surface area contributed by atoms with E-state index in [0.29, 0.717) is 29.9 Å². The summed E-state index contributed by atoms with van der Waals surface area (Å²) < 4.78 is 4.92. The van der Waals surface area contributed by atoms with Crippen LogP contribution in [0.25, 0.3) is 0 Å². The zero-order chi connectivity index (χ0) is 22.3. The highest BCUT2D eigenvalue weighted by atomic mass is 16.6. The zero-order valence-electron chi connectivity index (χ0n) is 17.0. The lowest BCUT2D eigenvalue weighted by Crippen LogP contribution is -2.30. The molecule has 0 heterocycles. The maximum absolute atomic E-state index is 12.3. The van der Waals surface area contributed by atoms with Gasteiger partial charge in [-0.25, -0.2) is 4.79 Å². The van der Waals surface area contributed by atoms with E-state index in [0.717, 1.165) is 6.07 Å². The van der Waals surface area contributed by atoms with Crippen LogP contribution in [0.4, 0.5) is 11.4 Å². The lowest BCUT2D eigenvalue weighted by Gasteiger charge is -2.18. The van der Waals surface area contributed by atoms with Crippen molar-refractivity contribution in [2.45, 2.75) is 20.8 Å². The van der Waals surface area contributed by atoms with Crippen molar-refractivity contribution < 1.29 is 24.0 Å². The summed E-state index contributed by atoms with van der Waals surface area (Å²) in [5.74, 6) is -1.51. The summed E-state index contributed by atoms with van der Waals surface area (Å²) in [6.07, 6.45) is 0. The summed E-state index contributed by atoms with van der Waals surface area (Å²) in [5, 5.41) is 13.5. The number of anilines is 1. The minimum Gasteiger partial charge on any atom is -0.452 e. The Hall–Kier alpha value is -3.75. The molecular weight excluding hydrogens is 390 g/mol. The fourth-order valence-electron chi connectivity index (χ4n) is 2.73. The molecule has 2 aromatic carbocycles. The molecule has 0 fully saturated rings. The third-order valence-electron chi connectivity index (χ3n) is 4.44. The summed E-state index contributed by atoms with van der Waals surface area (Å²) >= 11 is 0. The van der Waals surface area contributed by atoms with Gasteiger partial charge in [0.15, 0.2) is 6.61 Å². The first-order valence-corrected chi connectivity index (χ1v) is 9.38. The summed E-state index contributed by atoms with van der Waals surface area (Å²) in [7, 11) is 0. The number of hydrogen-bond acceptors (Lipinski definition) is 6. The molecule has 2 amide bonds. The summed E-state index contributed by atoms with van der Waals surface area (Å²) in [6.45, 7) is 5.99. The van der Waals surface area contributed by atoms with Gasteiger partial charge in [-0.1, -0.05) is 6.07 Å². The molecule has 0 saturated heterocycles. The number of nitro benzene ring substituents is 1. The van der Waals surface area contributed by atoms with Crippen molar-refractivity contribution in [3.8, 4) is 0 Å². The minimum atomic E-state index is -0.839. The number of carbonyl (C=O) groups is 3. The first-order valence-electron chi connectivity index (χ1n) is 9.38. The van der Waals surface area contributed by atoms with Gasteiger partial charge in [0, 0.05) is 36.0 Å². The van der Waals surface area contributed by atoms with E-state index in [1.807, 2.05) is 13.8 Å². The van der Waals surface area contributed by atoms with Gasteiger partial charge in [-0.2, -0.15) is 0 Å². The van der Waals surface area contributed by atoms with Crippen molar-refractivity contribution in [3.05, 3.63) is 69.3 Å². The molecule has 0 aliphatic carbocycles. The summed E-state index contributed by atoms with van der Waals surface area (Å²) in [6, 6.07) is 10.3. The number of nitro groups is 1. The van der Waals surface area contributed by atoms with Crippen LogP contribution in [0.5, 0.6) is 0 Å². The van der Waals surface area contributed by atoms with Gasteiger partial charge in [-0.05, 0) is 51.1 Å². The number of esters is 1. The van der Waals surface area contributed by atoms with Crippen LogP contribution in [0.15, 0.2) is 42.5 Å². The molecule has 0 bridgehead atoms. The third kappa shape index (κ3) is 5.63. The predicted octanol–water partition coefficient (Wildman–Crippen LogP) is 3.18. The number of nitrogens with zero attached hydrogens (tertiary/aromatic N) is 2. The van der Waals surface area contributed by atoms with E-state index in [9.17, 15) is 24.5 Å². The molecular formula is C21H23N3O6. The first-order chi connectivity index (χ1) is 14.3. The van der Waals surface area contributed by atoms with Crippen LogP contribution in [0.3, 0.4) is 0 Å². The average Bonchev–Trinajstić information content (AvgIpc) is 2.73. The maximum Gasteiger partial charge on any atom is 0.338 e. The van der Waals surface area contributed by atoms with Crippen LogP contribution in [-0.4, -0.2) is 47.3 Å². The molecule has 9 heteroatoms. The molecule has 0 spiro atoms. The van der Waals surface area contributed by atoms with Crippen LogP contribution < -0.4 is 5.32 Å². The highest BCUT2D eigenvalue weighted by Gasteiger charge is 2.17. The Morgan fingerprint density at radius 1 is 1.03 bits per heavy atom. The van der Waals surface area contributed by atoms with E-state index < -0.39 is 23.4 Å². The number of benzene rings is 2. The van der Waals surface area contributed by atoms with Gasteiger partial charge in [-0.15, -0.1) is 0 Å². The van der Waals surface area contributed by atoms with Gasteiger partial charge in [0.2, 0.25) is 0 Å². The number of hydrogen-bond donors (Lipinski definition) is 1. The largest absolute Gasteiger partial charge is 0.452 e. The summed E-state index contributed by atoms with van der Waals surface area (Å²) in [4.78, 5) is 48.4. The van der Waals surface area contributed by atoms with Crippen LogP contribution >= 0.6 is 0 Å². The van der Waals surface area contributed by atoms with Crippen molar-refractivity contribution in [2.24, 2.45) is 0 Å². The van der Waals surface area contributed by atoms with Crippen molar-refractivity contribution in [1.82, 2.24) is 4.90 Å². The van der Waals surface area contributed by atoms with Gasteiger partial charge in [0.25, 0.3) is 17.5 Å². The zero-order valence-corrected chi connectivity index (χ0v) is 17.0. The molecule has 0 radical (unpaired) electrons. The molecule has 30 heavy (non-hydrogen) atoms. The topological polar surface area (TPSA) is 119 Å². The highest BCUT2D eigenvalue weighted by Crippen LogP contribution is 2.19. The van der Waals surface area contributed by atoms with Crippen LogP contribution in [-0.2, 0) is 9.53 Å². The number of aryl methyl sites for hydroxylation is 1. The van der Waals surface area contributed by atoms with Crippen molar-refractivity contribution >= 4 is 29.2 Å². The molecule has 0 aliphatic rings. The average molecular weight is 413 g/mol. The normalized spacial score (nSPS) is 10.2. The Kier molecular flexibility index (Phi) is 7.62. The fourth-order valence-corrected chi connectivity index (χ4v) is 2.73. The second-order valence-electron chi connectivity index (χ2n) is 6.44. The van der Waals surface area contributed by atoms with E-state index >= 15 is 0 Å². The molecule has 2 aromatic rings. The van der Waals surface area contributed by atoms with Gasteiger partial charge in [0.05, 0.1) is 10.5 Å². The lowest BCUT2D eigenvalue weighted by atomic mass is 10.1. The van der Waals surface area contributed by atoms with Gasteiger partial charge < -0.3 is 15.0 Å². The molecule has 0 unspecified atom stereocenters. The second kappa shape index (κ2) is 10.1. The van der Waals surface area contributed by atoms with E-state index in [4.69, 9.17) is 4.74 Å². The Morgan fingerprint density at radius 3 is 2.20 bits per heavy atom. The maximum atomic E-state index is 12.3. The Labute approximate surface area is 173 Å². The molecule has 2 rings (SSSR count). The summed E-state index contributed by atoms with van der Waals surface area (Å²) in [5.41, 5.74) is 1.15. The highest BCUT2D eigenvalue weighted by molar-refractivity contribution is 5.97. The van der Waals surface area contributed by atoms with Crippen molar-refractivity contribution in [1.29, 1.82) is 0 Å². The number of ether oxygens (including phenoxy) is 1. The van der Waals surface area contributed by atoms with Crippen molar-refractivity contribution in [3.63, 3.8) is 0 Å². The Bertz CT molecular complexity index is 952. The molecule has 0 atom stereocenters. The monoisotopic (exact) mass is 413 g/mol. The Morgan fingerprint density at radius 2 is 1.63 bits per heavy atom. The molecule has 0 aromatic heterocycles. The van der Waals surface area contributed by atoms with Crippen LogP contribution in [0, 0.1) is 17.0 Å². The predicted molar refractivity (Wildman–Crippen MR) is 110 cm³/mol. The lowest BCUT2D eigenvalue weighted by molar-refractivity contribution is -0.385. The molecule has 0 aliphatic heterocycles. The van der Waals surface area contributed by atoms with Gasteiger partial charge in [-0.3, -0.25) is 19.7 Å². The number of nitrogens with one attached hydrogen (secondary N) is 1. The SMILES string of the molecule is CCN(CC)C(=O)c1ccc(NC(=O)COC(=O)c2ccc(C)c([N+](=O)[O-])c2)cc1. The molecule has 158 valence electrons. The van der Waals surface area contributed by atoms with E-state index in [1.54, 1.807) is 36.1 Å². The van der Waals surface area contributed by atoms with Crippen LogP contribution in [0.2, 0.25) is 0 Å². The molecule has 1 N–H and O–H groups in total. The first kappa shape index (κ1) is 22.5. The number of amides is 2. The third-order valence-corrected chi connectivity index (χ3v) is 4.44. The van der Waals surface area contributed by atoms with Crippen LogP contribution in [0.1, 0.15) is 40.1 Å². The number of carbonyl (C=O) groups excluding carboxylic acids is 3. The Balaban J connectivity index is 1.93. The van der Waals surface area contributed by atoms with Crippen molar-refractivity contribution in [2.75, 3.05) is 25.0 Å². The van der Waals surface area contributed by atoms with E-state index in [1.165, 1.54) is 12.1 Å². The fraction of sp³-hybridized carbons (Fsp3) is 0.286. The minimum absolute atomic E-state index is 0.0145. The standard InChI is InChI=1S/C21H23N3O6/c1-4-23(5-2)20(26)15-8-10-17(11-9-15)22-19(25)13-30-21(27)16-7-6-14(3)18(12-16)24(28)29/h6-12H,4-5,13H2,1-3H3,(H,22,25). The van der Waals surface area contributed by atoms with E-state index in [-0.39, 0.29) is 17.2 Å². The quantitative estimate of drug-likeness (QED) is 0.403. The second-order valence-corrected chi connectivity index (χ2v) is 6.44. The van der Waals surface area contributed by atoms with Gasteiger partial charge >= 0.3 is 5.97 Å². The molecule has 9 nitrogen and oxygen atoms in total. The van der Waals surface area contributed by atoms with Gasteiger partial charge in [0.1, 0.15) is 0 Å². The molecule has 0 saturated carbocycles. The smallest absolute Gasteiger partial charge is 0.338 e.